The zero-order chi connectivity index (χ0) is 20.5. The predicted molar refractivity (Wildman–Crippen MR) is 113 cm³/mol. The lowest BCUT2D eigenvalue weighted by Crippen LogP contribution is -2.31. The second-order valence-corrected chi connectivity index (χ2v) is 8.04. The number of ketones is 1. The average molecular weight is 404 g/mol. The molecule has 0 radical (unpaired) electrons. The third-order valence-electron chi connectivity index (χ3n) is 5.03. The van der Waals surface area contributed by atoms with E-state index in [1.165, 1.54) is 16.2 Å². The van der Waals surface area contributed by atoms with Gasteiger partial charge in [0.15, 0.2) is 16.7 Å². The van der Waals surface area contributed by atoms with Crippen LogP contribution in [0.1, 0.15) is 47.3 Å². The molecule has 1 amide bonds. The van der Waals surface area contributed by atoms with Gasteiger partial charge >= 0.3 is 0 Å². The number of rotatable bonds is 5. The number of amides is 1. The van der Waals surface area contributed by atoms with Crippen molar-refractivity contribution in [2.45, 2.75) is 25.8 Å². The van der Waals surface area contributed by atoms with Gasteiger partial charge < -0.3 is 5.11 Å². The maximum Gasteiger partial charge on any atom is 0.296 e. The summed E-state index contributed by atoms with van der Waals surface area (Å²) in [6, 6.07) is 15.7. The Bertz CT molecular complexity index is 1070. The third kappa shape index (κ3) is 3.36. The maximum absolute atomic E-state index is 13.3. The molecule has 1 aliphatic rings. The van der Waals surface area contributed by atoms with E-state index in [1.807, 2.05) is 30.3 Å². The molecule has 0 spiro atoms. The SMILES string of the molecule is CC(C)c1ccc(C2C(C(=O)c3ccccc3)=C(O)C(=O)N2c2nccs2)cc1. The van der Waals surface area contributed by atoms with E-state index >= 15 is 0 Å². The normalized spacial score (nSPS) is 16.7. The van der Waals surface area contributed by atoms with Crippen molar-refractivity contribution in [3.63, 3.8) is 0 Å². The van der Waals surface area contributed by atoms with Crippen molar-refractivity contribution in [3.8, 4) is 0 Å². The van der Waals surface area contributed by atoms with E-state index in [0.717, 1.165) is 11.1 Å². The highest BCUT2D eigenvalue weighted by Gasteiger charge is 2.45. The van der Waals surface area contributed by atoms with E-state index in [0.29, 0.717) is 16.6 Å². The molecule has 5 nitrogen and oxygen atoms in total. The summed E-state index contributed by atoms with van der Waals surface area (Å²) in [5.74, 6) is -1.14. The minimum Gasteiger partial charge on any atom is -0.503 e. The summed E-state index contributed by atoms with van der Waals surface area (Å²) in [5, 5.41) is 12.9. The zero-order valence-corrected chi connectivity index (χ0v) is 16.9. The summed E-state index contributed by atoms with van der Waals surface area (Å²) in [6.07, 6.45) is 1.60. The number of anilines is 1. The second kappa shape index (κ2) is 7.64. The summed E-state index contributed by atoms with van der Waals surface area (Å²) in [7, 11) is 0. The Balaban J connectivity index is 1.85. The molecule has 0 aliphatic carbocycles. The lowest BCUT2D eigenvalue weighted by atomic mass is 9.91. The molecule has 0 saturated heterocycles. The Kier molecular flexibility index (Phi) is 5.03. The van der Waals surface area contributed by atoms with Crippen LogP contribution in [0.3, 0.4) is 0 Å². The van der Waals surface area contributed by atoms with Crippen molar-refractivity contribution in [2.75, 3.05) is 4.90 Å². The molecule has 29 heavy (non-hydrogen) atoms. The van der Waals surface area contributed by atoms with Crippen LogP contribution in [0.5, 0.6) is 0 Å². The van der Waals surface area contributed by atoms with E-state index < -0.39 is 17.7 Å². The van der Waals surface area contributed by atoms with Gasteiger partial charge in [0.05, 0.1) is 11.6 Å². The van der Waals surface area contributed by atoms with Crippen molar-refractivity contribution in [2.24, 2.45) is 0 Å². The Hall–Kier alpha value is -3.25. The van der Waals surface area contributed by atoms with Gasteiger partial charge in [-0.3, -0.25) is 14.5 Å². The van der Waals surface area contributed by atoms with Crippen LogP contribution in [0.15, 0.2) is 77.5 Å². The molecule has 0 bridgehead atoms. The molecule has 2 aromatic carbocycles. The lowest BCUT2D eigenvalue weighted by molar-refractivity contribution is -0.117. The second-order valence-electron chi connectivity index (χ2n) is 7.17. The number of nitrogens with zero attached hydrogens (tertiary/aromatic N) is 2. The number of aliphatic hydroxyl groups excluding tert-OH is 1. The predicted octanol–water partition coefficient (Wildman–Crippen LogP) is 5.05. The number of hydrogen-bond donors (Lipinski definition) is 1. The molecule has 1 aromatic heterocycles. The van der Waals surface area contributed by atoms with E-state index in [-0.39, 0.29) is 11.4 Å². The Morgan fingerprint density at radius 3 is 2.38 bits per heavy atom. The van der Waals surface area contributed by atoms with Crippen LogP contribution in [0.25, 0.3) is 0 Å². The van der Waals surface area contributed by atoms with Crippen LogP contribution >= 0.6 is 11.3 Å². The van der Waals surface area contributed by atoms with Gasteiger partial charge in [-0.05, 0) is 17.0 Å². The van der Waals surface area contributed by atoms with Gasteiger partial charge in [0.1, 0.15) is 0 Å². The summed E-state index contributed by atoms with van der Waals surface area (Å²) >= 11 is 1.29. The van der Waals surface area contributed by atoms with Crippen molar-refractivity contribution >= 4 is 28.2 Å². The molecule has 1 unspecified atom stereocenters. The van der Waals surface area contributed by atoms with Gasteiger partial charge in [-0.15, -0.1) is 11.3 Å². The average Bonchev–Trinajstić information content (AvgIpc) is 3.35. The molecular weight excluding hydrogens is 384 g/mol. The first kappa shape index (κ1) is 19.1. The monoisotopic (exact) mass is 404 g/mol. The number of aliphatic hydroxyl groups is 1. The number of carbonyl (C=O) groups excluding carboxylic acids is 2. The Morgan fingerprint density at radius 1 is 1.10 bits per heavy atom. The molecular formula is C23H20N2O3S. The molecule has 0 fully saturated rings. The number of carbonyl (C=O) groups is 2. The highest BCUT2D eigenvalue weighted by molar-refractivity contribution is 7.13. The molecule has 1 N–H and O–H groups in total. The largest absolute Gasteiger partial charge is 0.503 e. The first-order valence-electron chi connectivity index (χ1n) is 9.35. The number of benzene rings is 2. The molecule has 6 heteroatoms. The summed E-state index contributed by atoms with van der Waals surface area (Å²) in [6.45, 7) is 4.21. The van der Waals surface area contributed by atoms with Gasteiger partial charge in [-0.25, -0.2) is 4.98 Å². The number of hydrogen-bond acceptors (Lipinski definition) is 5. The smallest absolute Gasteiger partial charge is 0.296 e. The third-order valence-corrected chi connectivity index (χ3v) is 5.80. The molecule has 4 rings (SSSR count). The zero-order valence-electron chi connectivity index (χ0n) is 16.1. The van der Waals surface area contributed by atoms with Crippen LogP contribution < -0.4 is 4.90 Å². The van der Waals surface area contributed by atoms with Gasteiger partial charge in [0, 0.05) is 17.1 Å². The van der Waals surface area contributed by atoms with Crippen LogP contribution in [0.4, 0.5) is 5.13 Å². The molecule has 0 saturated carbocycles. The summed E-state index contributed by atoms with van der Waals surface area (Å²) < 4.78 is 0. The van der Waals surface area contributed by atoms with E-state index in [4.69, 9.17) is 0 Å². The first-order chi connectivity index (χ1) is 14.0. The number of thiazole rings is 1. The van der Waals surface area contributed by atoms with Gasteiger partial charge in [0.25, 0.3) is 5.91 Å². The van der Waals surface area contributed by atoms with Crippen molar-refractivity contribution in [1.29, 1.82) is 0 Å². The van der Waals surface area contributed by atoms with E-state index in [9.17, 15) is 14.7 Å². The minimum atomic E-state index is -0.734. The summed E-state index contributed by atoms with van der Waals surface area (Å²) in [4.78, 5) is 31.9. The molecule has 1 atom stereocenters. The Morgan fingerprint density at radius 2 is 1.79 bits per heavy atom. The topological polar surface area (TPSA) is 70.5 Å². The van der Waals surface area contributed by atoms with Crippen molar-refractivity contribution < 1.29 is 14.7 Å². The van der Waals surface area contributed by atoms with Crippen LogP contribution in [0.2, 0.25) is 0 Å². The standard InChI is InChI=1S/C23H20N2O3S/c1-14(2)15-8-10-16(11-9-15)19-18(20(26)17-6-4-3-5-7-17)21(27)22(28)25(19)23-24-12-13-29-23/h3-14,19,27H,1-2H3. The first-order valence-corrected chi connectivity index (χ1v) is 10.2. The van der Waals surface area contributed by atoms with E-state index in [2.05, 4.69) is 18.8 Å². The lowest BCUT2D eigenvalue weighted by Gasteiger charge is -2.25. The van der Waals surface area contributed by atoms with Crippen molar-refractivity contribution in [1.82, 2.24) is 4.98 Å². The van der Waals surface area contributed by atoms with Crippen LogP contribution in [-0.4, -0.2) is 21.8 Å². The molecule has 3 aromatic rings. The molecule has 146 valence electrons. The van der Waals surface area contributed by atoms with Gasteiger partial charge in [-0.1, -0.05) is 68.4 Å². The number of Topliss-reactive ketones (excluding diaryl/α,β-unsaturated/α-hetero) is 1. The fraction of sp³-hybridized carbons (Fsp3) is 0.174. The quantitative estimate of drug-likeness (QED) is 0.604. The van der Waals surface area contributed by atoms with Crippen LogP contribution in [0, 0.1) is 0 Å². The summed E-state index contributed by atoms with van der Waals surface area (Å²) in [5.41, 5.74) is 2.41. The fourth-order valence-electron chi connectivity index (χ4n) is 3.49. The van der Waals surface area contributed by atoms with Gasteiger partial charge in [-0.2, -0.15) is 0 Å². The van der Waals surface area contributed by atoms with Crippen molar-refractivity contribution in [3.05, 3.63) is 94.2 Å². The highest BCUT2D eigenvalue weighted by Crippen LogP contribution is 2.42. The van der Waals surface area contributed by atoms with Crippen LogP contribution in [-0.2, 0) is 4.79 Å². The fourth-order valence-corrected chi connectivity index (χ4v) is 4.16. The van der Waals surface area contributed by atoms with Gasteiger partial charge in [0.2, 0.25) is 0 Å². The number of aromatic nitrogens is 1. The molecule has 1 aliphatic heterocycles. The molecule has 2 heterocycles. The van der Waals surface area contributed by atoms with E-state index in [1.54, 1.807) is 35.8 Å². The minimum absolute atomic E-state index is 0.0775. The maximum atomic E-state index is 13.3. The highest BCUT2D eigenvalue weighted by atomic mass is 32.1. The Labute approximate surface area is 173 Å².